The van der Waals surface area contributed by atoms with E-state index in [0.717, 1.165) is 31.2 Å². The summed E-state index contributed by atoms with van der Waals surface area (Å²) < 4.78 is 7.18. The number of imide groups is 1. The van der Waals surface area contributed by atoms with Crippen LogP contribution >= 0.6 is 23.4 Å². The highest BCUT2D eigenvalue weighted by molar-refractivity contribution is 7.99. The number of hydrogen-bond donors (Lipinski definition) is 2. The van der Waals surface area contributed by atoms with E-state index in [0.29, 0.717) is 27.4 Å². The Labute approximate surface area is 201 Å². The Bertz CT molecular complexity index is 1130. The van der Waals surface area contributed by atoms with Crippen molar-refractivity contribution in [2.45, 2.75) is 36.9 Å². The van der Waals surface area contributed by atoms with Gasteiger partial charge in [0.15, 0.2) is 11.0 Å². The number of hydrogen-bond acceptors (Lipinski definition) is 6. The molecule has 0 unspecified atom stereocenters. The smallest absolute Gasteiger partial charge is 0.325 e. The maximum absolute atomic E-state index is 12.4. The number of anilines is 1. The van der Waals surface area contributed by atoms with Crippen LogP contribution in [0.3, 0.4) is 0 Å². The van der Waals surface area contributed by atoms with Crippen molar-refractivity contribution in [1.82, 2.24) is 20.1 Å². The maximum Gasteiger partial charge on any atom is 0.325 e. The van der Waals surface area contributed by atoms with Crippen molar-refractivity contribution in [3.05, 3.63) is 53.6 Å². The second-order valence-electron chi connectivity index (χ2n) is 7.61. The topological polar surface area (TPSA) is 98.1 Å². The second kappa shape index (κ2) is 10.7. The summed E-state index contributed by atoms with van der Waals surface area (Å²) in [4.78, 5) is 24.5. The monoisotopic (exact) mass is 485 g/mol. The molecule has 0 aliphatic heterocycles. The fraction of sp³-hybridized carbons (Fsp3) is 0.304. The summed E-state index contributed by atoms with van der Waals surface area (Å²) in [5.41, 5.74) is 1.37. The molecular weight excluding hydrogens is 462 g/mol. The molecule has 2 aromatic carbocycles. The summed E-state index contributed by atoms with van der Waals surface area (Å²) in [6.07, 6.45) is 4.33. The van der Waals surface area contributed by atoms with E-state index in [1.165, 1.54) is 11.8 Å². The lowest BCUT2D eigenvalue weighted by Crippen LogP contribution is -2.35. The number of nitrogens with zero attached hydrogens (tertiary/aromatic N) is 3. The molecule has 0 bridgehead atoms. The van der Waals surface area contributed by atoms with Gasteiger partial charge in [0, 0.05) is 17.3 Å². The van der Waals surface area contributed by atoms with Gasteiger partial charge in [-0.05, 0) is 49.2 Å². The van der Waals surface area contributed by atoms with Crippen molar-refractivity contribution in [1.29, 1.82) is 0 Å². The Kier molecular flexibility index (Phi) is 7.51. The van der Waals surface area contributed by atoms with E-state index >= 15 is 0 Å². The van der Waals surface area contributed by atoms with E-state index in [1.54, 1.807) is 31.4 Å². The average molecular weight is 486 g/mol. The average Bonchev–Trinajstić information content (AvgIpc) is 3.48. The SMILES string of the molecule is COc1ccc(NC(=O)NC(=O)CSc2nnc(-c3ccccc3Cl)n2C2CCCC2)cc1. The van der Waals surface area contributed by atoms with Crippen LogP contribution in [0.1, 0.15) is 31.7 Å². The van der Waals surface area contributed by atoms with Crippen molar-refractivity contribution in [3.8, 4) is 17.1 Å². The van der Waals surface area contributed by atoms with E-state index in [9.17, 15) is 9.59 Å². The van der Waals surface area contributed by atoms with Crippen LogP contribution in [-0.2, 0) is 4.79 Å². The number of nitrogens with one attached hydrogen (secondary N) is 2. The Hall–Kier alpha value is -3.04. The first-order valence-electron chi connectivity index (χ1n) is 10.6. The van der Waals surface area contributed by atoms with Crippen LogP contribution in [0.2, 0.25) is 5.02 Å². The zero-order valence-corrected chi connectivity index (χ0v) is 19.7. The van der Waals surface area contributed by atoms with E-state index < -0.39 is 11.9 Å². The maximum atomic E-state index is 12.4. The third-order valence-electron chi connectivity index (χ3n) is 5.40. The molecule has 33 heavy (non-hydrogen) atoms. The molecule has 1 saturated carbocycles. The molecular formula is C23H24ClN5O3S. The number of halogens is 1. The fourth-order valence-corrected chi connectivity index (χ4v) is 4.85. The Morgan fingerprint density at radius 3 is 2.55 bits per heavy atom. The standard InChI is InChI=1S/C23H24ClN5O3S/c1-32-17-12-10-15(11-13-17)25-22(31)26-20(30)14-33-23-28-27-21(18-8-4-5-9-19(18)24)29(23)16-6-2-3-7-16/h4-5,8-13,16H,2-3,6-7,14H2,1H3,(H2,25,26,30,31). The lowest BCUT2D eigenvalue weighted by molar-refractivity contribution is -0.117. The zero-order chi connectivity index (χ0) is 23.2. The minimum absolute atomic E-state index is 0.0312. The largest absolute Gasteiger partial charge is 0.497 e. The van der Waals surface area contributed by atoms with Gasteiger partial charge < -0.3 is 10.1 Å². The number of urea groups is 1. The number of rotatable bonds is 7. The number of benzene rings is 2. The quantitative estimate of drug-likeness (QED) is 0.448. The van der Waals surface area contributed by atoms with Crippen LogP contribution in [0.4, 0.5) is 10.5 Å². The minimum Gasteiger partial charge on any atom is -0.497 e. The highest BCUT2D eigenvalue weighted by Crippen LogP contribution is 2.38. The first kappa shape index (κ1) is 23.1. The number of amides is 3. The van der Waals surface area contributed by atoms with Crippen molar-refractivity contribution in [3.63, 3.8) is 0 Å². The van der Waals surface area contributed by atoms with Crippen molar-refractivity contribution in [2.24, 2.45) is 0 Å². The molecule has 1 aliphatic carbocycles. The Balaban J connectivity index is 1.41. The van der Waals surface area contributed by atoms with Gasteiger partial charge in [-0.15, -0.1) is 10.2 Å². The highest BCUT2D eigenvalue weighted by Gasteiger charge is 2.26. The molecule has 0 radical (unpaired) electrons. The van der Waals surface area contributed by atoms with Gasteiger partial charge in [0.2, 0.25) is 5.91 Å². The van der Waals surface area contributed by atoms with Crippen LogP contribution in [0.25, 0.3) is 11.4 Å². The fourth-order valence-electron chi connectivity index (χ4n) is 3.82. The molecule has 1 fully saturated rings. The third kappa shape index (κ3) is 5.66. The van der Waals surface area contributed by atoms with Gasteiger partial charge in [-0.25, -0.2) is 4.79 Å². The first-order valence-corrected chi connectivity index (χ1v) is 12.0. The lowest BCUT2D eigenvalue weighted by atomic mass is 10.2. The molecule has 4 rings (SSSR count). The van der Waals surface area contributed by atoms with Crippen LogP contribution in [-0.4, -0.2) is 39.6 Å². The number of carbonyl (C=O) groups excluding carboxylic acids is 2. The van der Waals surface area contributed by atoms with E-state index in [4.69, 9.17) is 16.3 Å². The predicted octanol–water partition coefficient (Wildman–Crippen LogP) is 5.16. The van der Waals surface area contributed by atoms with Crippen molar-refractivity contribution in [2.75, 3.05) is 18.2 Å². The molecule has 8 nitrogen and oxygen atoms in total. The molecule has 0 spiro atoms. The lowest BCUT2D eigenvalue weighted by Gasteiger charge is -2.17. The van der Waals surface area contributed by atoms with E-state index in [1.807, 2.05) is 24.3 Å². The second-order valence-corrected chi connectivity index (χ2v) is 8.96. The summed E-state index contributed by atoms with van der Waals surface area (Å²) in [5.74, 6) is 0.985. The zero-order valence-electron chi connectivity index (χ0n) is 18.1. The molecule has 3 amide bonds. The van der Waals surface area contributed by atoms with Crippen LogP contribution in [0.5, 0.6) is 5.75 Å². The summed E-state index contributed by atoms with van der Waals surface area (Å²) in [6, 6.07) is 14.0. The van der Waals surface area contributed by atoms with Gasteiger partial charge in [0.05, 0.1) is 17.9 Å². The molecule has 1 heterocycles. The highest BCUT2D eigenvalue weighted by atomic mass is 35.5. The molecule has 0 atom stereocenters. The third-order valence-corrected chi connectivity index (χ3v) is 6.68. The Morgan fingerprint density at radius 2 is 1.85 bits per heavy atom. The van der Waals surface area contributed by atoms with Crippen molar-refractivity contribution >= 4 is 41.0 Å². The summed E-state index contributed by atoms with van der Waals surface area (Å²) in [6.45, 7) is 0. The van der Waals surface area contributed by atoms with E-state index in [2.05, 4.69) is 25.4 Å². The summed E-state index contributed by atoms with van der Waals surface area (Å²) in [7, 11) is 1.57. The number of thioether (sulfide) groups is 1. The van der Waals surface area contributed by atoms with E-state index in [-0.39, 0.29) is 11.8 Å². The number of carbonyl (C=O) groups is 2. The number of methoxy groups -OCH3 is 1. The Morgan fingerprint density at radius 1 is 1.12 bits per heavy atom. The summed E-state index contributed by atoms with van der Waals surface area (Å²) in [5, 5.41) is 14.9. The van der Waals surface area contributed by atoms with Gasteiger partial charge in [-0.3, -0.25) is 14.7 Å². The van der Waals surface area contributed by atoms with Gasteiger partial charge in [0.1, 0.15) is 5.75 Å². The number of aromatic nitrogens is 3. The first-order chi connectivity index (χ1) is 16.0. The van der Waals surface area contributed by atoms with Gasteiger partial charge in [-0.1, -0.05) is 48.3 Å². The van der Waals surface area contributed by atoms with Crippen molar-refractivity contribution < 1.29 is 14.3 Å². The molecule has 2 N–H and O–H groups in total. The van der Waals surface area contributed by atoms with Crippen LogP contribution in [0, 0.1) is 0 Å². The van der Waals surface area contributed by atoms with Gasteiger partial charge in [0.25, 0.3) is 0 Å². The minimum atomic E-state index is -0.597. The summed E-state index contributed by atoms with van der Waals surface area (Å²) >= 11 is 7.67. The molecule has 1 aromatic heterocycles. The molecule has 1 aliphatic rings. The van der Waals surface area contributed by atoms with Crippen LogP contribution < -0.4 is 15.4 Å². The van der Waals surface area contributed by atoms with Crippen LogP contribution in [0.15, 0.2) is 53.7 Å². The normalized spacial score (nSPS) is 13.6. The molecule has 10 heteroatoms. The molecule has 3 aromatic rings. The predicted molar refractivity (Wildman–Crippen MR) is 129 cm³/mol. The van der Waals surface area contributed by atoms with Gasteiger partial charge >= 0.3 is 6.03 Å². The molecule has 0 saturated heterocycles. The number of ether oxygens (including phenoxy) is 1. The van der Waals surface area contributed by atoms with Gasteiger partial charge in [-0.2, -0.15) is 0 Å². The molecule has 172 valence electrons.